The van der Waals surface area contributed by atoms with Crippen LogP contribution in [0.15, 0.2) is 18.2 Å². The highest BCUT2D eigenvalue weighted by atomic mass is 16.5. The largest absolute Gasteiger partial charge is 0.496 e. The third-order valence-corrected chi connectivity index (χ3v) is 3.75. The molecule has 1 atom stereocenters. The molecule has 1 rings (SSSR count). The Hall–Kier alpha value is -1.22. The van der Waals surface area contributed by atoms with Crippen molar-refractivity contribution in [3.63, 3.8) is 0 Å². The van der Waals surface area contributed by atoms with Gasteiger partial charge in [-0.1, -0.05) is 27.7 Å². The zero-order valence-electron chi connectivity index (χ0n) is 13.1. The second kappa shape index (κ2) is 6.80. The second-order valence-electron chi connectivity index (χ2n) is 5.74. The van der Waals surface area contributed by atoms with Gasteiger partial charge in [0.1, 0.15) is 5.75 Å². The predicted molar refractivity (Wildman–Crippen MR) is 83.2 cm³/mol. The monoisotopic (exact) mass is 264 g/mol. The maximum absolute atomic E-state index is 5.90. The van der Waals surface area contributed by atoms with E-state index in [1.165, 1.54) is 11.3 Å². The van der Waals surface area contributed by atoms with Crippen LogP contribution < -0.4 is 15.4 Å². The SMILES string of the molecule is COc1ccc(N(C)C(CN)C(C)C)cc1C(C)C. The number of nitrogens with zero attached hydrogens (tertiary/aromatic N) is 1. The van der Waals surface area contributed by atoms with E-state index in [9.17, 15) is 0 Å². The zero-order valence-corrected chi connectivity index (χ0v) is 13.1. The molecule has 0 radical (unpaired) electrons. The summed E-state index contributed by atoms with van der Waals surface area (Å²) in [6.45, 7) is 9.45. The summed E-state index contributed by atoms with van der Waals surface area (Å²) in [6.07, 6.45) is 0. The third-order valence-electron chi connectivity index (χ3n) is 3.75. The van der Waals surface area contributed by atoms with E-state index < -0.39 is 0 Å². The average Bonchev–Trinajstić information content (AvgIpc) is 2.38. The molecule has 0 aliphatic rings. The first-order valence-electron chi connectivity index (χ1n) is 7.03. The highest BCUT2D eigenvalue weighted by Gasteiger charge is 2.19. The van der Waals surface area contributed by atoms with Gasteiger partial charge in [-0.2, -0.15) is 0 Å². The Balaban J connectivity index is 3.10. The first kappa shape index (κ1) is 15.8. The molecule has 1 aromatic carbocycles. The van der Waals surface area contributed by atoms with Crippen LogP contribution in [0, 0.1) is 5.92 Å². The first-order valence-corrected chi connectivity index (χ1v) is 7.03. The van der Waals surface area contributed by atoms with Gasteiger partial charge in [0.2, 0.25) is 0 Å². The summed E-state index contributed by atoms with van der Waals surface area (Å²) in [7, 11) is 3.84. The molecule has 0 bridgehead atoms. The molecule has 0 saturated heterocycles. The van der Waals surface area contributed by atoms with Crippen molar-refractivity contribution in [3.05, 3.63) is 23.8 Å². The number of hydrogen-bond acceptors (Lipinski definition) is 3. The van der Waals surface area contributed by atoms with E-state index in [1.807, 2.05) is 0 Å². The molecular weight excluding hydrogens is 236 g/mol. The molecule has 0 amide bonds. The summed E-state index contributed by atoms with van der Waals surface area (Å²) in [6, 6.07) is 6.73. The van der Waals surface area contributed by atoms with Crippen LogP contribution in [-0.2, 0) is 0 Å². The van der Waals surface area contributed by atoms with E-state index in [0.717, 1.165) is 5.75 Å². The molecule has 0 aromatic heterocycles. The molecule has 0 saturated carbocycles. The lowest BCUT2D eigenvalue weighted by molar-refractivity contribution is 0.407. The quantitative estimate of drug-likeness (QED) is 0.857. The summed E-state index contributed by atoms with van der Waals surface area (Å²) in [5.74, 6) is 1.93. The van der Waals surface area contributed by atoms with Crippen LogP contribution in [0.3, 0.4) is 0 Å². The molecule has 0 aliphatic carbocycles. The molecule has 3 nitrogen and oxygen atoms in total. The van der Waals surface area contributed by atoms with Gasteiger partial charge < -0.3 is 15.4 Å². The lowest BCUT2D eigenvalue weighted by atomic mass is 9.99. The van der Waals surface area contributed by atoms with Crippen molar-refractivity contribution < 1.29 is 4.74 Å². The van der Waals surface area contributed by atoms with Crippen molar-refractivity contribution in [2.24, 2.45) is 11.7 Å². The van der Waals surface area contributed by atoms with Gasteiger partial charge in [-0.3, -0.25) is 0 Å². The molecular formula is C16H28N2O. The van der Waals surface area contributed by atoms with Crippen LogP contribution in [0.4, 0.5) is 5.69 Å². The van der Waals surface area contributed by atoms with E-state index in [2.05, 4.69) is 57.8 Å². The maximum Gasteiger partial charge on any atom is 0.122 e. The minimum atomic E-state index is 0.355. The minimum absolute atomic E-state index is 0.355. The number of hydrogen-bond donors (Lipinski definition) is 1. The molecule has 1 aromatic rings. The summed E-state index contributed by atoms with van der Waals surface area (Å²) < 4.78 is 5.43. The fraction of sp³-hybridized carbons (Fsp3) is 0.625. The minimum Gasteiger partial charge on any atom is -0.496 e. The van der Waals surface area contributed by atoms with Gasteiger partial charge in [0.25, 0.3) is 0 Å². The van der Waals surface area contributed by atoms with Crippen LogP contribution >= 0.6 is 0 Å². The Kier molecular flexibility index (Phi) is 5.67. The summed E-state index contributed by atoms with van der Waals surface area (Å²) in [5, 5.41) is 0. The Morgan fingerprint density at radius 1 is 1.21 bits per heavy atom. The molecule has 0 spiro atoms. The molecule has 2 N–H and O–H groups in total. The van der Waals surface area contributed by atoms with E-state index in [-0.39, 0.29) is 0 Å². The Labute approximate surface area is 117 Å². The smallest absolute Gasteiger partial charge is 0.122 e. The fourth-order valence-electron chi connectivity index (χ4n) is 2.46. The molecule has 0 fully saturated rings. The Bertz CT molecular complexity index is 402. The molecule has 0 heterocycles. The zero-order chi connectivity index (χ0) is 14.6. The van der Waals surface area contributed by atoms with E-state index >= 15 is 0 Å². The first-order chi connectivity index (χ1) is 8.92. The lowest BCUT2D eigenvalue weighted by Crippen LogP contribution is -2.41. The summed E-state index contributed by atoms with van der Waals surface area (Å²) in [5.41, 5.74) is 8.34. The van der Waals surface area contributed by atoms with Gasteiger partial charge in [-0.05, 0) is 35.6 Å². The van der Waals surface area contributed by atoms with Crippen LogP contribution in [-0.4, -0.2) is 26.7 Å². The maximum atomic E-state index is 5.90. The van der Waals surface area contributed by atoms with Crippen molar-refractivity contribution in [3.8, 4) is 5.75 Å². The van der Waals surface area contributed by atoms with Crippen molar-refractivity contribution in [2.75, 3.05) is 25.6 Å². The fourth-order valence-corrected chi connectivity index (χ4v) is 2.46. The summed E-state index contributed by atoms with van der Waals surface area (Å²) in [4.78, 5) is 2.27. The lowest BCUT2D eigenvalue weighted by Gasteiger charge is -2.32. The Morgan fingerprint density at radius 3 is 2.26 bits per heavy atom. The van der Waals surface area contributed by atoms with Gasteiger partial charge >= 0.3 is 0 Å². The molecule has 108 valence electrons. The highest BCUT2D eigenvalue weighted by Crippen LogP contribution is 2.31. The molecule has 1 unspecified atom stereocenters. The van der Waals surface area contributed by atoms with Gasteiger partial charge in [0.15, 0.2) is 0 Å². The van der Waals surface area contributed by atoms with Crippen LogP contribution in [0.25, 0.3) is 0 Å². The topological polar surface area (TPSA) is 38.5 Å². The van der Waals surface area contributed by atoms with Crippen LogP contribution in [0.1, 0.15) is 39.2 Å². The number of ether oxygens (including phenoxy) is 1. The molecule has 3 heteroatoms. The number of rotatable bonds is 6. The molecule has 0 aliphatic heterocycles. The van der Waals surface area contributed by atoms with Gasteiger partial charge in [0.05, 0.1) is 7.11 Å². The number of methoxy groups -OCH3 is 1. The van der Waals surface area contributed by atoms with Gasteiger partial charge in [-0.15, -0.1) is 0 Å². The number of benzene rings is 1. The van der Waals surface area contributed by atoms with Crippen LogP contribution in [0.5, 0.6) is 5.75 Å². The van der Waals surface area contributed by atoms with Gasteiger partial charge in [0, 0.05) is 25.3 Å². The van der Waals surface area contributed by atoms with E-state index in [0.29, 0.717) is 24.4 Å². The summed E-state index contributed by atoms with van der Waals surface area (Å²) >= 11 is 0. The van der Waals surface area contributed by atoms with E-state index in [4.69, 9.17) is 10.5 Å². The average molecular weight is 264 g/mol. The number of likely N-dealkylation sites (N-methyl/N-ethyl adjacent to an activating group) is 1. The van der Waals surface area contributed by atoms with Crippen LogP contribution in [0.2, 0.25) is 0 Å². The Morgan fingerprint density at radius 2 is 1.84 bits per heavy atom. The van der Waals surface area contributed by atoms with E-state index in [1.54, 1.807) is 7.11 Å². The highest BCUT2D eigenvalue weighted by molar-refractivity contribution is 5.54. The van der Waals surface area contributed by atoms with Crippen molar-refractivity contribution in [1.82, 2.24) is 0 Å². The number of anilines is 1. The van der Waals surface area contributed by atoms with Gasteiger partial charge in [-0.25, -0.2) is 0 Å². The normalized spacial score (nSPS) is 12.9. The second-order valence-corrected chi connectivity index (χ2v) is 5.74. The van der Waals surface area contributed by atoms with Crippen molar-refractivity contribution in [1.29, 1.82) is 0 Å². The molecule has 19 heavy (non-hydrogen) atoms. The van der Waals surface area contributed by atoms with Crippen molar-refractivity contribution in [2.45, 2.75) is 39.7 Å². The number of nitrogens with two attached hydrogens (primary N) is 1. The van der Waals surface area contributed by atoms with Crippen molar-refractivity contribution >= 4 is 5.69 Å². The predicted octanol–water partition coefficient (Wildman–Crippen LogP) is 3.24. The third kappa shape index (κ3) is 3.63. The standard InChI is InChI=1S/C16H28N2O/c1-11(2)14-9-13(7-8-16(14)19-6)18(5)15(10-17)12(3)4/h7-9,11-12,15H,10,17H2,1-6H3.